The third kappa shape index (κ3) is 4.03. The predicted molar refractivity (Wildman–Crippen MR) is 67.2 cm³/mol. The molecule has 5 nitrogen and oxygen atoms in total. The molecule has 0 fully saturated rings. The molecule has 0 spiro atoms. The van der Waals surface area contributed by atoms with Crippen molar-refractivity contribution in [2.75, 3.05) is 11.9 Å². The van der Waals surface area contributed by atoms with Gasteiger partial charge in [-0.05, 0) is 18.9 Å². The van der Waals surface area contributed by atoms with Crippen LogP contribution in [0.4, 0.5) is 11.4 Å². The Labute approximate surface area is 101 Å². The van der Waals surface area contributed by atoms with Gasteiger partial charge in [-0.2, -0.15) is 0 Å². The average molecular weight is 238 g/mol. The molecule has 1 aromatic carbocycles. The molecule has 1 atom stereocenters. The van der Waals surface area contributed by atoms with Crippen LogP contribution < -0.4 is 5.32 Å². The van der Waals surface area contributed by atoms with Gasteiger partial charge in [-0.1, -0.05) is 19.4 Å². The van der Waals surface area contributed by atoms with Crippen LogP contribution in [-0.2, 0) is 0 Å². The number of hydrogen-bond acceptors (Lipinski definition) is 4. The van der Waals surface area contributed by atoms with Crippen molar-refractivity contribution in [1.82, 2.24) is 0 Å². The van der Waals surface area contributed by atoms with Crippen LogP contribution >= 0.6 is 0 Å². The van der Waals surface area contributed by atoms with Crippen LogP contribution in [0.5, 0.6) is 0 Å². The van der Waals surface area contributed by atoms with E-state index < -0.39 is 11.0 Å². The van der Waals surface area contributed by atoms with Gasteiger partial charge in [0.1, 0.15) is 0 Å². The van der Waals surface area contributed by atoms with Gasteiger partial charge in [0.05, 0.1) is 11.0 Å². The van der Waals surface area contributed by atoms with Gasteiger partial charge in [0.15, 0.2) is 0 Å². The number of hydrogen-bond donors (Lipinski definition) is 2. The van der Waals surface area contributed by atoms with Crippen LogP contribution in [0.3, 0.4) is 0 Å². The number of nitrogens with zero attached hydrogens (tertiary/aromatic N) is 1. The second-order valence-corrected chi connectivity index (χ2v) is 4.08. The number of nitro benzene ring substituents is 1. The minimum Gasteiger partial charge on any atom is -0.391 e. The van der Waals surface area contributed by atoms with Crippen LogP contribution in [-0.4, -0.2) is 22.7 Å². The second kappa shape index (κ2) is 6.20. The normalized spacial score (nSPS) is 12.2. The highest BCUT2D eigenvalue weighted by atomic mass is 16.6. The fraction of sp³-hybridized carbons (Fsp3) is 0.500. The molecule has 94 valence electrons. The maximum absolute atomic E-state index is 10.6. The zero-order chi connectivity index (χ0) is 12.8. The third-order valence-electron chi connectivity index (χ3n) is 2.58. The van der Waals surface area contributed by atoms with Crippen molar-refractivity contribution in [1.29, 1.82) is 0 Å². The average Bonchev–Trinajstić information content (AvgIpc) is 2.28. The minimum absolute atomic E-state index is 0.0584. The van der Waals surface area contributed by atoms with Gasteiger partial charge in [-0.25, -0.2) is 0 Å². The molecule has 2 N–H and O–H groups in total. The summed E-state index contributed by atoms with van der Waals surface area (Å²) >= 11 is 0. The molecule has 0 saturated heterocycles. The van der Waals surface area contributed by atoms with Crippen LogP contribution in [0.25, 0.3) is 0 Å². The second-order valence-electron chi connectivity index (χ2n) is 4.08. The Hall–Kier alpha value is -1.62. The monoisotopic (exact) mass is 238 g/mol. The Morgan fingerprint density at radius 2 is 2.24 bits per heavy atom. The molecule has 0 amide bonds. The summed E-state index contributed by atoms with van der Waals surface area (Å²) in [5.74, 6) is 0. The first-order valence-corrected chi connectivity index (χ1v) is 5.71. The van der Waals surface area contributed by atoms with E-state index in [-0.39, 0.29) is 5.69 Å². The Bertz CT molecular complexity index is 393. The van der Waals surface area contributed by atoms with Crippen molar-refractivity contribution in [3.63, 3.8) is 0 Å². The van der Waals surface area contributed by atoms with E-state index in [0.29, 0.717) is 12.2 Å². The lowest BCUT2D eigenvalue weighted by molar-refractivity contribution is -0.384. The molecule has 0 heterocycles. The van der Waals surface area contributed by atoms with E-state index in [4.69, 9.17) is 0 Å². The van der Waals surface area contributed by atoms with Gasteiger partial charge in [-0.15, -0.1) is 0 Å². The highest BCUT2D eigenvalue weighted by Gasteiger charge is 2.09. The summed E-state index contributed by atoms with van der Waals surface area (Å²) in [5.41, 5.74) is 1.69. The zero-order valence-corrected chi connectivity index (χ0v) is 10.1. The van der Waals surface area contributed by atoms with E-state index in [1.165, 1.54) is 12.1 Å². The smallest absolute Gasteiger partial charge is 0.271 e. The minimum atomic E-state index is -0.424. The number of nitro groups is 1. The molecule has 0 saturated carbocycles. The zero-order valence-electron chi connectivity index (χ0n) is 10.1. The molecular formula is C12H18N2O3. The molecule has 0 bridgehead atoms. The molecule has 17 heavy (non-hydrogen) atoms. The Balaban J connectivity index is 2.69. The van der Waals surface area contributed by atoms with Crippen LogP contribution in [0.2, 0.25) is 0 Å². The molecule has 0 radical (unpaired) electrons. The summed E-state index contributed by atoms with van der Waals surface area (Å²) in [7, 11) is 0. The topological polar surface area (TPSA) is 75.4 Å². The number of non-ortho nitro benzene ring substituents is 1. The predicted octanol–water partition coefficient (Wildman–Crippen LogP) is 2.48. The van der Waals surface area contributed by atoms with Crippen LogP contribution in [0, 0.1) is 17.0 Å². The number of aryl methyl sites for hydroxylation is 1. The maximum atomic E-state index is 10.6. The van der Waals surface area contributed by atoms with E-state index in [1.807, 2.05) is 13.8 Å². The van der Waals surface area contributed by atoms with Gasteiger partial charge in [0, 0.05) is 24.4 Å². The molecule has 0 aliphatic heterocycles. The quantitative estimate of drug-likeness (QED) is 0.589. The molecule has 0 aliphatic carbocycles. The van der Waals surface area contributed by atoms with E-state index >= 15 is 0 Å². The van der Waals surface area contributed by atoms with Crippen molar-refractivity contribution in [2.24, 2.45) is 0 Å². The molecule has 1 rings (SSSR count). The summed E-state index contributed by atoms with van der Waals surface area (Å²) in [6.07, 6.45) is 1.22. The van der Waals surface area contributed by atoms with Crippen molar-refractivity contribution >= 4 is 11.4 Å². The first-order valence-electron chi connectivity index (χ1n) is 5.71. The first kappa shape index (κ1) is 13.4. The molecule has 0 aliphatic rings. The number of nitrogens with one attached hydrogen (secondary N) is 1. The fourth-order valence-corrected chi connectivity index (χ4v) is 1.58. The highest BCUT2D eigenvalue weighted by Crippen LogP contribution is 2.21. The molecule has 1 unspecified atom stereocenters. The third-order valence-corrected chi connectivity index (χ3v) is 2.58. The van der Waals surface area contributed by atoms with Crippen LogP contribution in [0.1, 0.15) is 25.3 Å². The summed E-state index contributed by atoms with van der Waals surface area (Å²) in [6, 6.07) is 4.67. The van der Waals surface area contributed by atoms with Crippen molar-refractivity contribution in [3.8, 4) is 0 Å². The molecule has 1 aromatic rings. The molecule has 5 heteroatoms. The summed E-state index contributed by atoms with van der Waals surface area (Å²) < 4.78 is 0. The standard InChI is InChI=1S/C12H18N2O3/c1-3-4-11(15)8-13-12-7-10(14(16)17)6-5-9(12)2/h5-7,11,13,15H,3-4,8H2,1-2H3. The van der Waals surface area contributed by atoms with Gasteiger partial charge in [0.2, 0.25) is 0 Å². The highest BCUT2D eigenvalue weighted by molar-refractivity contribution is 5.56. The molecular weight excluding hydrogens is 220 g/mol. The lowest BCUT2D eigenvalue weighted by atomic mass is 10.1. The van der Waals surface area contributed by atoms with Gasteiger partial charge >= 0.3 is 0 Å². The van der Waals surface area contributed by atoms with Crippen molar-refractivity contribution in [2.45, 2.75) is 32.8 Å². The van der Waals surface area contributed by atoms with Gasteiger partial charge in [0.25, 0.3) is 5.69 Å². The van der Waals surface area contributed by atoms with E-state index in [2.05, 4.69) is 5.32 Å². The Morgan fingerprint density at radius 3 is 2.82 bits per heavy atom. The van der Waals surface area contributed by atoms with E-state index in [0.717, 1.165) is 18.4 Å². The van der Waals surface area contributed by atoms with Crippen LogP contribution in [0.15, 0.2) is 18.2 Å². The van der Waals surface area contributed by atoms with Gasteiger partial charge < -0.3 is 10.4 Å². The summed E-state index contributed by atoms with van der Waals surface area (Å²) in [6.45, 7) is 4.29. The number of aliphatic hydroxyl groups excluding tert-OH is 1. The van der Waals surface area contributed by atoms with E-state index in [1.54, 1.807) is 6.07 Å². The fourth-order valence-electron chi connectivity index (χ4n) is 1.58. The first-order chi connectivity index (χ1) is 8.04. The number of rotatable bonds is 6. The van der Waals surface area contributed by atoms with E-state index in [9.17, 15) is 15.2 Å². The summed E-state index contributed by atoms with van der Waals surface area (Å²) in [5, 5.41) is 23.3. The molecule has 0 aromatic heterocycles. The lowest BCUT2D eigenvalue weighted by Crippen LogP contribution is -2.19. The lowest BCUT2D eigenvalue weighted by Gasteiger charge is -2.13. The number of anilines is 1. The Morgan fingerprint density at radius 1 is 1.53 bits per heavy atom. The van der Waals surface area contributed by atoms with Gasteiger partial charge in [-0.3, -0.25) is 10.1 Å². The van der Waals surface area contributed by atoms with Crippen molar-refractivity contribution < 1.29 is 10.0 Å². The SMILES string of the molecule is CCCC(O)CNc1cc([N+](=O)[O-])ccc1C. The largest absolute Gasteiger partial charge is 0.391 e. The number of benzene rings is 1. The maximum Gasteiger partial charge on any atom is 0.271 e. The number of aliphatic hydroxyl groups is 1. The Kier molecular flexibility index (Phi) is 4.90. The van der Waals surface area contributed by atoms with Crippen molar-refractivity contribution in [3.05, 3.63) is 33.9 Å². The summed E-state index contributed by atoms with van der Waals surface area (Å²) in [4.78, 5) is 10.2.